The molecule has 0 fully saturated rings. The Balaban J connectivity index is 2.65. The Labute approximate surface area is 156 Å². The van der Waals surface area contributed by atoms with Crippen molar-refractivity contribution in [2.45, 2.75) is 67.2 Å². The van der Waals surface area contributed by atoms with Crippen LogP contribution < -0.4 is 0 Å². The minimum absolute atomic E-state index is 0.280. The fourth-order valence-electron chi connectivity index (χ4n) is 3.63. The molecule has 0 spiro atoms. The van der Waals surface area contributed by atoms with Crippen molar-refractivity contribution in [2.24, 2.45) is 17.3 Å². The second kappa shape index (κ2) is 10.1. The maximum atomic E-state index is 5.58. The van der Waals surface area contributed by atoms with E-state index in [1.54, 1.807) is 0 Å². The van der Waals surface area contributed by atoms with Crippen LogP contribution in [0.1, 0.15) is 67.2 Å². The van der Waals surface area contributed by atoms with Gasteiger partial charge in [-0.3, -0.25) is 0 Å². The fraction of sp³-hybridized carbons (Fsp3) is 0.727. The lowest BCUT2D eigenvalue weighted by atomic mass is 9.78. The predicted octanol–water partition coefficient (Wildman–Crippen LogP) is 5.98. The zero-order chi connectivity index (χ0) is 19.0. The van der Waals surface area contributed by atoms with Gasteiger partial charge in [0.15, 0.2) is 0 Å². The highest BCUT2D eigenvalue weighted by Gasteiger charge is 2.21. The molecule has 1 unspecified atom stereocenters. The summed E-state index contributed by atoms with van der Waals surface area (Å²) in [5, 5.41) is 1.90. The summed E-state index contributed by atoms with van der Waals surface area (Å²) in [6, 6.07) is 0. The van der Waals surface area contributed by atoms with Crippen molar-refractivity contribution in [1.82, 2.24) is 9.96 Å². The van der Waals surface area contributed by atoms with Crippen LogP contribution in [0.2, 0.25) is 0 Å². The van der Waals surface area contributed by atoms with Gasteiger partial charge in [-0.15, -0.1) is 11.6 Å². The van der Waals surface area contributed by atoms with Crippen molar-refractivity contribution in [2.75, 3.05) is 20.3 Å². The molecule has 0 bridgehead atoms. The molecule has 25 heavy (non-hydrogen) atoms. The molecule has 1 aliphatic heterocycles. The van der Waals surface area contributed by atoms with Gasteiger partial charge in [0.1, 0.15) is 12.4 Å². The van der Waals surface area contributed by atoms with Gasteiger partial charge in [0.05, 0.1) is 0 Å². The Hall–Kier alpha value is -1.22. The van der Waals surface area contributed by atoms with E-state index in [2.05, 4.69) is 64.4 Å². The minimum atomic E-state index is 0.280. The third-order valence-electron chi connectivity index (χ3n) is 4.96. The second-order valence-corrected chi connectivity index (χ2v) is 8.72. The number of nitrogens with zero attached hydrogens (tertiary/aromatic N) is 2. The van der Waals surface area contributed by atoms with Gasteiger partial charge < -0.3 is 9.74 Å². The van der Waals surface area contributed by atoms with E-state index in [1.165, 1.54) is 24.8 Å². The number of hydroxylamine groups is 2. The van der Waals surface area contributed by atoms with Gasteiger partial charge in [-0.1, -0.05) is 51.8 Å². The molecule has 2 atom stereocenters. The zero-order valence-corrected chi connectivity index (χ0v) is 17.6. The highest BCUT2D eigenvalue weighted by molar-refractivity contribution is 5.04. The Bertz CT molecular complexity index is 473. The Morgan fingerprint density at radius 3 is 2.60 bits per heavy atom. The van der Waals surface area contributed by atoms with Crippen LogP contribution in [0.25, 0.3) is 0 Å². The van der Waals surface area contributed by atoms with E-state index in [4.69, 9.17) is 4.84 Å². The minimum Gasteiger partial charge on any atom is -0.408 e. The summed E-state index contributed by atoms with van der Waals surface area (Å²) in [6.07, 6.45) is 11.5. The number of allylic oxidation sites excluding steroid dienone is 4. The SMILES string of the molecule is C=CC(C/C=C(\C)C[C@@H](CCC)CN1C=C(C)ON(C)C1)C(C)(C)C. The molecule has 0 saturated carbocycles. The number of hydrogen-bond acceptors (Lipinski definition) is 3. The van der Waals surface area contributed by atoms with Crippen LogP contribution in [-0.2, 0) is 4.84 Å². The van der Waals surface area contributed by atoms with E-state index in [0.29, 0.717) is 11.8 Å². The molecule has 0 aromatic rings. The van der Waals surface area contributed by atoms with Crippen molar-refractivity contribution >= 4 is 0 Å². The summed E-state index contributed by atoms with van der Waals surface area (Å²) in [6.45, 7) is 19.4. The summed E-state index contributed by atoms with van der Waals surface area (Å²) in [7, 11) is 1.99. The lowest BCUT2D eigenvalue weighted by Crippen LogP contribution is -2.38. The summed E-state index contributed by atoms with van der Waals surface area (Å²) in [5.74, 6) is 2.19. The van der Waals surface area contributed by atoms with E-state index in [1.807, 2.05) is 19.0 Å². The maximum Gasteiger partial charge on any atom is 0.137 e. The van der Waals surface area contributed by atoms with Crippen LogP contribution in [0.15, 0.2) is 36.3 Å². The van der Waals surface area contributed by atoms with E-state index in [0.717, 1.165) is 25.4 Å². The first kappa shape index (κ1) is 21.8. The van der Waals surface area contributed by atoms with Crippen LogP contribution in [0.4, 0.5) is 0 Å². The van der Waals surface area contributed by atoms with Gasteiger partial charge in [-0.05, 0) is 50.4 Å². The summed E-state index contributed by atoms with van der Waals surface area (Å²) < 4.78 is 0. The Kier molecular flexibility index (Phi) is 8.78. The van der Waals surface area contributed by atoms with Crippen molar-refractivity contribution in [3.63, 3.8) is 0 Å². The van der Waals surface area contributed by atoms with Gasteiger partial charge in [-0.2, -0.15) is 0 Å². The molecule has 3 heteroatoms. The molecule has 1 heterocycles. The largest absolute Gasteiger partial charge is 0.408 e. The van der Waals surface area contributed by atoms with Crippen molar-refractivity contribution in [3.8, 4) is 0 Å². The fourth-order valence-corrected chi connectivity index (χ4v) is 3.63. The Morgan fingerprint density at radius 2 is 2.08 bits per heavy atom. The molecule has 1 aliphatic rings. The lowest BCUT2D eigenvalue weighted by Gasteiger charge is -2.34. The van der Waals surface area contributed by atoms with Gasteiger partial charge >= 0.3 is 0 Å². The lowest BCUT2D eigenvalue weighted by molar-refractivity contribution is -0.140. The van der Waals surface area contributed by atoms with Crippen LogP contribution >= 0.6 is 0 Å². The molecule has 0 aromatic heterocycles. The van der Waals surface area contributed by atoms with Crippen LogP contribution in [0, 0.1) is 17.3 Å². The number of rotatable bonds is 9. The molecule has 0 amide bonds. The summed E-state index contributed by atoms with van der Waals surface area (Å²) in [5.41, 5.74) is 1.79. The topological polar surface area (TPSA) is 15.7 Å². The highest BCUT2D eigenvalue weighted by Crippen LogP contribution is 2.31. The van der Waals surface area contributed by atoms with Crippen molar-refractivity contribution < 1.29 is 4.84 Å². The molecular formula is C22H40N2O. The molecule has 1 rings (SSSR count). The average molecular weight is 349 g/mol. The second-order valence-electron chi connectivity index (χ2n) is 8.72. The molecule has 0 aliphatic carbocycles. The first-order valence-electron chi connectivity index (χ1n) is 9.75. The summed E-state index contributed by atoms with van der Waals surface area (Å²) in [4.78, 5) is 7.96. The molecule has 3 nitrogen and oxygen atoms in total. The normalized spacial score (nSPS) is 19.2. The van der Waals surface area contributed by atoms with Crippen LogP contribution in [0.3, 0.4) is 0 Å². The van der Waals surface area contributed by atoms with Crippen LogP contribution in [-0.4, -0.2) is 30.2 Å². The van der Waals surface area contributed by atoms with Crippen molar-refractivity contribution in [1.29, 1.82) is 0 Å². The third kappa shape index (κ3) is 8.13. The van der Waals surface area contributed by atoms with E-state index in [-0.39, 0.29) is 5.41 Å². The quantitative estimate of drug-likeness (QED) is 0.477. The van der Waals surface area contributed by atoms with Gasteiger partial charge in [0, 0.05) is 19.8 Å². The molecule has 0 N–H and O–H groups in total. The molecule has 0 saturated heterocycles. The molecule has 0 aromatic carbocycles. The molecule has 144 valence electrons. The van der Waals surface area contributed by atoms with Gasteiger partial charge in [-0.25, -0.2) is 0 Å². The monoisotopic (exact) mass is 348 g/mol. The predicted molar refractivity (Wildman–Crippen MR) is 109 cm³/mol. The third-order valence-corrected chi connectivity index (χ3v) is 4.96. The Morgan fingerprint density at radius 1 is 1.40 bits per heavy atom. The first-order chi connectivity index (χ1) is 11.7. The zero-order valence-electron chi connectivity index (χ0n) is 17.6. The number of hydrogen-bond donors (Lipinski definition) is 0. The average Bonchev–Trinajstić information content (AvgIpc) is 2.45. The maximum absolute atomic E-state index is 5.58. The molecule has 0 radical (unpaired) electrons. The van der Waals surface area contributed by atoms with E-state index < -0.39 is 0 Å². The smallest absolute Gasteiger partial charge is 0.137 e. The van der Waals surface area contributed by atoms with Crippen LogP contribution in [0.5, 0.6) is 0 Å². The first-order valence-corrected chi connectivity index (χ1v) is 9.75. The molecular weight excluding hydrogens is 308 g/mol. The van der Waals surface area contributed by atoms with Gasteiger partial charge in [0.25, 0.3) is 0 Å². The summed E-state index contributed by atoms with van der Waals surface area (Å²) >= 11 is 0. The van der Waals surface area contributed by atoms with E-state index >= 15 is 0 Å². The van der Waals surface area contributed by atoms with Crippen molar-refractivity contribution in [3.05, 3.63) is 36.3 Å². The standard InChI is InChI=1S/C22H40N2O/c1-9-11-20(16-24-15-19(4)25-23(8)17-24)14-18(3)12-13-21(10-2)22(5,6)7/h10,12,15,20-21H,2,9,11,13-14,16-17H2,1,3-8H3/b18-12+/t20-,21?/m1/s1. The highest BCUT2D eigenvalue weighted by atomic mass is 16.7. The van der Waals surface area contributed by atoms with E-state index in [9.17, 15) is 0 Å². The van der Waals surface area contributed by atoms with Gasteiger partial charge in [0.2, 0.25) is 0 Å².